The number of carbonyl (C=O) groups is 1. The number of nitrogens with zero attached hydrogens (tertiary/aromatic N) is 1. The summed E-state index contributed by atoms with van der Waals surface area (Å²) in [6.07, 6.45) is 2.06. The van der Waals surface area contributed by atoms with Gasteiger partial charge in [-0.15, -0.1) is 6.58 Å². The van der Waals surface area contributed by atoms with Crippen LogP contribution in [-0.4, -0.2) is 41.7 Å². The van der Waals surface area contributed by atoms with E-state index in [4.69, 9.17) is 19.6 Å². The first-order chi connectivity index (χ1) is 15.0. The van der Waals surface area contributed by atoms with Crippen LogP contribution in [0.2, 0.25) is 0 Å². The molecule has 2 aromatic rings. The predicted molar refractivity (Wildman–Crippen MR) is 121 cm³/mol. The molecule has 0 unspecified atom stereocenters. The van der Waals surface area contributed by atoms with E-state index >= 15 is 0 Å². The average molecular weight is 423 g/mol. The lowest BCUT2D eigenvalue weighted by Gasteiger charge is -2.30. The summed E-state index contributed by atoms with van der Waals surface area (Å²) in [7, 11) is 0. The van der Waals surface area contributed by atoms with Gasteiger partial charge in [0.05, 0.1) is 6.61 Å². The second-order valence-electron chi connectivity index (χ2n) is 7.82. The first-order valence-corrected chi connectivity index (χ1v) is 10.6. The molecule has 1 amide bonds. The molecule has 1 aliphatic rings. The Kier molecular flexibility index (Phi) is 7.47. The molecule has 6 nitrogen and oxygen atoms in total. The zero-order valence-corrected chi connectivity index (χ0v) is 18.1. The van der Waals surface area contributed by atoms with Crippen LogP contribution in [0.3, 0.4) is 0 Å². The van der Waals surface area contributed by atoms with E-state index in [-0.39, 0.29) is 18.6 Å². The number of ether oxygens (including phenoxy) is 2. The maximum Gasteiger partial charge on any atom is 0.252 e. The second kappa shape index (κ2) is 10.3. The minimum Gasteiger partial charge on any atom is -0.494 e. The Balaban J connectivity index is 1.96. The van der Waals surface area contributed by atoms with Crippen molar-refractivity contribution in [1.29, 1.82) is 0 Å². The Bertz CT molecular complexity index is 909. The smallest absolute Gasteiger partial charge is 0.252 e. The molecule has 0 aromatic heterocycles. The van der Waals surface area contributed by atoms with E-state index in [9.17, 15) is 4.79 Å². The van der Waals surface area contributed by atoms with Gasteiger partial charge in [-0.1, -0.05) is 36.4 Å². The molecule has 0 radical (unpaired) electrons. The molecular formula is C25H30N2O4. The summed E-state index contributed by atoms with van der Waals surface area (Å²) in [6, 6.07) is 17.0. The molecule has 0 bridgehead atoms. The number of rotatable bonds is 10. The summed E-state index contributed by atoms with van der Waals surface area (Å²) >= 11 is 0. The summed E-state index contributed by atoms with van der Waals surface area (Å²) in [5.74, 6) is 0.928. The fraction of sp³-hybridized carbons (Fsp3) is 0.360. The van der Waals surface area contributed by atoms with Crippen molar-refractivity contribution in [1.82, 2.24) is 5.32 Å². The molecule has 3 rings (SSSR count). The molecule has 2 aromatic carbocycles. The Morgan fingerprint density at radius 3 is 2.58 bits per heavy atom. The number of nitrogens with one attached hydrogen (secondary N) is 1. The van der Waals surface area contributed by atoms with Gasteiger partial charge in [-0.2, -0.15) is 0 Å². The molecule has 1 aliphatic heterocycles. The highest BCUT2D eigenvalue weighted by molar-refractivity contribution is 6.01. The van der Waals surface area contributed by atoms with E-state index in [0.29, 0.717) is 31.1 Å². The third-order valence-corrected chi connectivity index (χ3v) is 5.01. The Morgan fingerprint density at radius 2 is 1.97 bits per heavy atom. The normalized spacial score (nSPS) is 20.1. The van der Waals surface area contributed by atoms with Gasteiger partial charge in [0.1, 0.15) is 5.75 Å². The molecule has 31 heavy (non-hydrogen) atoms. The van der Waals surface area contributed by atoms with E-state index in [0.717, 1.165) is 11.1 Å². The summed E-state index contributed by atoms with van der Waals surface area (Å²) in [6.45, 7) is 8.25. The number of aliphatic hydroxyl groups is 1. The molecule has 6 heteroatoms. The van der Waals surface area contributed by atoms with E-state index < -0.39 is 11.6 Å². The van der Waals surface area contributed by atoms with E-state index in [1.54, 1.807) is 6.08 Å². The second-order valence-corrected chi connectivity index (χ2v) is 7.82. The van der Waals surface area contributed by atoms with Crippen LogP contribution in [0.1, 0.15) is 43.9 Å². The van der Waals surface area contributed by atoms with Crippen molar-refractivity contribution in [3.8, 4) is 5.75 Å². The Morgan fingerprint density at radius 1 is 1.26 bits per heavy atom. The maximum absolute atomic E-state index is 13.3. The topological polar surface area (TPSA) is 80.2 Å². The van der Waals surface area contributed by atoms with Crippen molar-refractivity contribution in [3.63, 3.8) is 0 Å². The highest BCUT2D eigenvalue weighted by Crippen LogP contribution is 2.42. The third kappa shape index (κ3) is 5.14. The number of hydrogen-bond donors (Lipinski definition) is 2. The lowest BCUT2D eigenvalue weighted by molar-refractivity contribution is -0.129. The molecule has 0 spiro atoms. The van der Waals surface area contributed by atoms with Crippen LogP contribution >= 0.6 is 0 Å². The Labute approximate surface area is 183 Å². The van der Waals surface area contributed by atoms with Crippen molar-refractivity contribution in [2.24, 2.45) is 4.99 Å². The SMILES string of the molecule is C=CC[C@@]1(C(=O)NC(C)C)N=C(c2ccc(OCCCO)cc2)O[C@@H]1c1ccccc1. The van der Waals surface area contributed by atoms with Gasteiger partial charge in [0.2, 0.25) is 5.90 Å². The van der Waals surface area contributed by atoms with Crippen LogP contribution < -0.4 is 10.1 Å². The molecule has 2 N–H and O–H groups in total. The Hall–Kier alpha value is -3.12. The van der Waals surface area contributed by atoms with Gasteiger partial charge in [0.25, 0.3) is 5.91 Å². The van der Waals surface area contributed by atoms with Crippen LogP contribution in [0.5, 0.6) is 5.75 Å². The highest BCUT2D eigenvalue weighted by atomic mass is 16.5. The number of carbonyl (C=O) groups excluding carboxylic acids is 1. The van der Waals surface area contributed by atoms with Gasteiger partial charge >= 0.3 is 0 Å². The van der Waals surface area contributed by atoms with Gasteiger partial charge in [-0.05, 0) is 43.7 Å². The van der Waals surface area contributed by atoms with Crippen molar-refractivity contribution >= 4 is 11.8 Å². The largest absolute Gasteiger partial charge is 0.494 e. The van der Waals surface area contributed by atoms with Gasteiger partial charge < -0.3 is 19.9 Å². The number of benzene rings is 2. The van der Waals surface area contributed by atoms with Crippen LogP contribution in [0.15, 0.2) is 72.2 Å². The third-order valence-electron chi connectivity index (χ3n) is 5.01. The van der Waals surface area contributed by atoms with Crippen LogP contribution in [0.25, 0.3) is 0 Å². The number of aliphatic hydroxyl groups excluding tert-OH is 1. The van der Waals surface area contributed by atoms with E-state index in [1.807, 2.05) is 68.4 Å². The lowest BCUT2D eigenvalue weighted by Crippen LogP contribution is -2.50. The zero-order valence-electron chi connectivity index (χ0n) is 18.1. The number of aliphatic imine (C=N–C) groups is 1. The van der Waals surface area contributed by atoms with Crippen molar-refractivity contribution in [2.45, 2.75) is 44.4 Å². The van der Waals surface area contributed by atoms with Crippen LogP contribution in [0.4, 0.5) is 0 Å². The van der Waals surface area contributed by atoms with Crippen LogP contribution in [0, 0.1) is 0 Å². The molecule has 0 saturated heterocycles. The zero-order chi connectivity index (χ0) is 22.3. The fourth-order valence-corrected chi connectivity index (χ4v) is 3.55. The summed E-state index contributed by atoms with van der Waals surface area (Å²) in [5, 5.41) is 11.9. The fourth-order valence-electron chi connectivity index (χ4n) is 3.55. The number of hydrogen-bond acceptors (Lipinski definition) is 5. The minimum absolute atomic E-state index is 0.0276. The first-order valence-electron chi connectivity index (χ1n) is 10.6. The van der Waals surface area contributed by atoms with Gasteiger partial charge in [0.15, 0.2) is 11.6 Å². The summed E-state index contributed by atoms with van der Waals surface area (Å²) < 4.78 is 11.9. The minimum atomic E-state index is -1.14. The highest BCUT2D eigenvalue weighted by Gasteiger charge is 2.52. The average Bonchev–Trinajstić information content (AvgIpc) is 3.16. The lowest BCUT2D eigenvalue weighted by atomic mass is 9.84. The molecule has 164 valence electrons. The first kappa shape index (κ1) is 22.6. The van der Waals surface area contributed by atoms with E-state index in [1.165, 1.54) is 0 Å². The van der Waals surface area contributed by atoms with E-state index in [2.05, 4.69) is 11.9 Å². The molecule has 0 aliphatic carbocycles. The molecule has 0 fully saturated rings. The van der Waals surface area contributed by atoms with Crippen molar-refractivity contribution in [2.75, 3.05) is 13.2 Å². The standard InChI is InChI=1S/C25H30N2O4/c1-4-15-25(24(29)26-18(2)3)22(19-9-6-5-7-10-19)31-23(27-25)20-11-13-21(14-12-20)30-17-8-16-28/h4-7,9-14,18,22,28H,1,8,15-17H2,2-3H3,(H,26,29)/t22-,25-/m1/s1. The predicted octanol–water partition coefficient (Wildman–Crippen LogP) is 3.81. The molecule has 1 heterocycles. The molecule has 2 atom stereocenters. The van der Waals surface area contributed by atoms with Crippen molar-refractivity contribution in [3.05, 3.63) is 78.4 Å². The summed E-state index contributed by atoms with van der Waals surface area (Å²) in [5.41, 5.74) is 0.503. The van der Waals surface area contributed by atoms with Gasteiger partial charge in [-0.3, -0.25) is 4.79 Å². The number of amides is 1. The quantitative estimate of drug-likeness (QED) is 0.451. The van der Waals surface area contributed by atoms with Gasteiger partial charge in [0, 0.05) is 31.1 Å². The monoisotopic (exact) mass is 422 g/mol. The maximum atomic E-state index is 13.3. The molecule has 0 saturated carbocycles. The summed E-state index contributed by atoms with van der Waals surface area (Å²) in [4.78, 5) is 18.2. The molecular weight excluding hydrogens is 392 g/mol. The van der Waals surface area contributed by atoms with Gasteiger partial charge in [-0.25, -0.2) is 4.99 Å². The van der Waals surface area contributed by atoms with Crippen LogP contribution in [-0.2, 0) is 9.53 Å². The van der Waals surface area contributed by atoms with Crippen molar-refractivity contribution < 1.29 is 19.4 Å².